The van der Waals surface area contributed by atoms with Gasteiger partial charge in [-0.3, -0.25) is 0 Å². The highest BCUT2D eigenvalue weighted by molar-refractivity contribution is 6.09. The average Bonchev–Trinajstić information content (AvgIpc) is 2.20. The topological polar surface area (TPSA) is 23.9 Å². The molecule has 1 nitrogen and oxygen atoms in total. The summed E-state index contributed by atoms with van der Waals surface area (Å²) in [4.78, 5) is 0. The summed E-state index contributed by atoms with van der Waals surface area (Å²) < 4.78 is 0. The summed E-state index contributed by atoms with van der Waals surface area (Å²) in [6.07, 6.45) is 8.73. The van der Waals surface area contributed by atoms with E-state index in [1.165, 1.54) is 5.57 Å². The second kappa shape index (κ2) is 6.41. The minimum absolute atomic E-state index is 0.631. The van der Waals surface area contributed by atoms with Crippen molar-refractivity contribution in [3.63, 3.8) is 0 Å². The Labute approximate surface area is 81.4 Å². The molecule has 0 unspecified atom stereocenters. The van der Waals surface area contributed by atoms with E-state index < -0.39 is 0 Å². The van der Waals surface area contributed by atoms with Crippen LogP contribution < -0.4 is 0 Å². The summed E-state index contributed by atoms with van der Waals surface area (Å²) in [6, 6.07) is 0. The summed E-state index contributed by atoms with van der Waals surface area (Å²) in [7, 11) is 0. The summed E-state index contributed by atoms with van der Waals surface area (Å²) in [5.41, 5.74) is 3.00. The van der Waals surface area contributed by atoms with Crippen LogP contribution in [0.2, 0.25) is 0 Å². The monoisotopic (exact) mass is 177 g/mol. The lowest BCUT2D eigenvalue weighted by Gasteiger charge is -2.07. The number of hydrogen-bond donors (Lipinski definition) is 1. The van der Waals surface area contributed by atoms with Crippen molar-refractivity contribution < 1.29 is 0 Å². The third kappa shape index (κ3) is 3.41. The van der Waals surface area contributed by atoms with Crippen LogP contribution in [0, 0.1) is 5.41 Å². The van der Waals surface area contributed by atoms with Gasteiger partial charge >= 0.3 is 0 Å². The predicted octanol–water partition coefficient (Wildman–Crippen LogP) is 3.88. The first-order chi connectivity index (χ1) is 6.25. The molecule has 0 aromatic carbocycles. The van der Waals surface area contributed by atoms with Gasteiger partial charge in [0.2, 0.25) is 0 Å². The zero-order valence-electron chi connectivity index (χ0n) is 9.02. The molecule has 0 aromatic rings. The molecule has 1 heteroatoms. The zero-order valence-corrected chi connectivity index (χ0v) is 9.02. The van der Waals surface area contributed by atoms with Crippen LogP contribution in [0.15, 0.2) is 35.5 Å². The molecule has 1 N–H and O–H groups in total. The van der Waals surface area contributed by atoms with Crippen molar-refractivity contribution in [2.75, 3.05) is 0 Å². The molecule has 0 amide bonds. The van der Waals surface area contributed by atoms with Gasteiger partial charge in [0.05, 0.1) is 5.71 Å². The first kappa shape index (κ1) is 11.9. The van der Waals surface area contributed by atoms with Crippen LogP contribution in [0.5, 0.6) is 0 Å². The maximum absolute atomic E-state index is 7.58. The standard InChI is InChI=1S/C10H13N.C2H6/c1-3-8(2)9-6-4-5-7-10(9)11;1-2/h4-7,11H,3H2,1-2H3;1-2H3/b9-8-,11-10?;. The maximum Gasteiger partial charge on any atom is 0.0611 e. The Balaban J connectivity index is 0.000000671. The number of nitrogens with one attached hydrogen (secondary N) is 1. The minimum Gasteiger partial charge on any atom is -0.300 e. The van der Waals surface area contributed by atoms with Crippen molar-refractivity contribution in [2.45, 2.75) is 34.1 Å². The third-order valence-corrected chi connectivity index (χ3v) is 1.92. The van der Waals surface area contributed by atoms with Gasteiger partial charge in [-0.05, 0) is 25.0 Å². The van der Waals surface area contributed by atoms with Crippen molar-refractivity contribution in [1.82, 2.24) is 0 Å². The number of hydrogen-bond acceptors (Lipinski definition) is 1. The predicted molar refractivity (Wildman–Crippen MR) is 60.3 cm³/mol. The first-order valence-corrected chi connectivity index (χ1v) is 4.89. The normalized spacial score (nSPS) is 18.0. The molecule has 0 bridgehead atoms. The lowest BCUT2D eigenvalue weighted by Crippen LogP contribution is -2.00. The van der Waals surface area contributed by atoms with Gasteiger partial charge in [-0.2, -0.15) is 0 Å². The fourth-order valence-corrected chi connectivity index (χ4v) is 1.05. The molecular weight excluding hydrogens is 158 g/mol. The highest BCUT2D eigenvalue weighted by Gasteiger charge is 2.03. The van der Waals surface area contributed by atoms with Crippen molar-refractivity contribution in [2.24, 2.45) is 0 Å². The van der Waals surface area contributed by atoms with E-state index in [1.54, 1.807) is 0 Å². The van der Waals surface area contributed by atoms with Crippen LogP contribution in [0.4, 0.5) is 0 Å². The van der Waals surface area contributed by atoms with Crippen LogP contribution in [0.1, 0.15) is 34.1 Å². The van der Waals surface area contributed by atoms with Crippen LogP contribution in [-0.2, 0) is 0 Å². The Kier molecular flexibility index (Phi) is 5.86. The van der Waals surface area contributed by atoms with E-state index in [9.17, 15) is 0 Å². The fraction of sp³-hybridized carbons (Fsp3) is 0.417. The van der Waals surface area contributed by atoms with E-state index in [2.05, 4.69) is 13.8 Å². The van der Waals surface area contributed by atoms with Gasteiger partial charge in [0, 0.05) is 0 Å². The first-order valence-electron chi connectivity index (χ1n) is 4.89. The van der Waals surface area contributed by atoms with Crippen molar-refractivity contribution in [1.29, 1.82) is 5.41 Å². The summed E-state index contributed by atoms with van der Waals surface area (Å²) >= 11 is 0. The van der Waals surface area contributed by atoms with E-state index in [-0.39, 0.29) is 0 Å². The molecule has 1 rings (SSSR count). The molecule has 1 aliphatic carbocycles. The molecule has 0 saturated carbocycles. The molecule has 0 radical (unpaired) electrons. The van der Waals surface area contributed by atoms with Gasteiger partial charge in [0.1, 0.15) is 0 Å². The van der Waals surface area contributed by atoms with Crippen molar-refractivity contribution in [3.8, 4) is 0 Å². The summed E-state index contributed by atoms with van der Waals surface area (Å²) in [6.45, 7) is 8.19. The molecule has 0 saturated heterocycles. The lowest BCUT2D eigenvalue weighted by atomic mass is 9.99. The van der Waals surface area contributed by atoms with Gasteiger partial charge < -0.3 is 5.41 Å². The van der Waals surface area contributed by atoms with Crippen molar-refractivity contribution in [3.05, 3.63) is 35.5 Å². The van der Waals surface area contributed by atoms with E-state index in [0.717, 1.165) is 12.0 Å². The third-order valence-electron chi connectivity index (χ3n) is 1.92. The molecule has 0 atom stereocenters. The van der Waals surface area contributed by atoms with Gasteiger partial charge in [-0.25, -0.2) is 0 Å². The van der Waals surface area contributed by atoms with Crippen LogP contribution in [0.3, 0.4) is 0 Å². The molecule has 0 heterocycles. The maximum atomic E-state index is 7.58. The zero-order chi connectivity index (χ0) is 10.3. The molecule has 0 spiro atoms. The lowest BCUT2D eigenvalue weighted by molar-refractivity contribution is 1.09. The highest BCUT2D eigenvalue weighted by Crippen LogP contribution is 2.14. The van der Waals surface area contributed by atoms with Gasteiger partial charge in [-0.1, -0.05) is 44.6 Å². The van der Waals surface area contributed by atoms with E-state index in [1.807, 2.05) is 38.2 Å². The molecule has 72 valence electrons. The quantitative estimate of drug-likeness (QED) is 0.628. The Morgan fingerprint density at radius 1 is 1.23 bits per heavy atom. The Morgan fingerprint density at radius 2 is 1.77 bits per heavy atom. The molecule has 0 fully saturated rings. The van der Waals surface area contributed by atoms with E-state index >= 15 is 0 Å². The van der Waals surface area contributed by atoms with Gasteiger partial charge in [0.15, 0.2) is 0 Å². The summed E-state index contributed by atoms with van der Waals surface area (Å²) in [5, 5.41) is 7.58. The SMILES string of the molecule is CC.CC/C(C)=C1/C=CC=CC1=N. The highest BCUT2D eigenvalue weighted by atomic mass is 14.4. The summed E-state index contributed by atoms with van der Waals surface area (Å²) in [5.74, 6) is 0. The molecule has 0 aliphatic heterocycles. The number of allylic oxidation sites excluding steroid dienone is 6. The fourth-order valence-electron chi connectivity index (χ4n) is 1.05. The van der Waals surface area contributed by atoms with Gasteiger partial charge in [-0.15, -0.1) is 0 Å². The van der Waals surface area contributed by atoms with E-state index in [4.69, 9.17) is 5.41 Å². The second-order valence-electron chi connectivity index (χ2n) is 2.68. The van der Waals surface area contributed by atoms with Crippen molar-refractivity contribution >= 4 is 5.71 Å². The Bertz CT molecular complexity index is 254. The van der Waals surface area contributed by atoms with Crippen LogP contribution >= 0.6 is 0 Å². The molecule has 13 heavy (non-hydrogen) atoms. The molecule has 0 aromatic heterocycles. The van der Waals surface area contributed by atoms with Crippen LogP contribution in [-0.4, -0.2) is 5.71 Å². The minimum atomic E-state index is 0.631. The Hall–Kier alpha value is -1.11. The van der Waals surface area contributed by atoms with Crippen LogP contribution in [0.25, 0.3) is 0 Å². The number of rotatable bonds is 1. The average molecular weight is 177 g/mol. The smallest absolute Gasteiger partial charge is 0.0611 e. The molecular formula is C12H19N. The second-order valence-corrected chi connectivity index (χ2v) is 2.68. The van der Waals surface area contributed by atoms with Gasteiger partial charge in [0.25, 0.3) is 0 Å². The largest absolute Gasteiger partial charge is 0.300 e. The van der Waals surface area contributed by atoms with E-state index in [0.29, 0.717) is 5.71 Å². The Morgan fingerprint density at radius 3 is 2.23 bits per heavy atom. The molecule has 1 aliphatic rings.